The molecule has 1 aromatic heterocycles. The van der Waals surface area contributed by atoms with Crippen LogP contribution in [0.4, 0.5) is 4.39 Å². The Morgan fingerprint density at radius 3 is 2.39 bits per heavy atom. The van der Waals surface area contributed by atoms with Crippen molar-refractivity contribution in [2.75, 3.05) is 13.1 Å². The lowest BCUT2D eigenvalue weighted by Gasteiger charge is -2.32. The van der Waals surface area contributed by atoms with Crippen LogP contribution >= 0.6 is 0 Å². The van der Waals surface area contributed by atoms with Crippen molar-refractivity contribution in [1.82, 2.24) is 9.88 Å². The summed E-state index contributed by atoms with van der Waals surface area (Å²) < 4.78 is 25.0. The van der Waals surface area contributed by atoms with Crippen LogP contribution in [0, 0.1) is 5.82 Å². The highest BCUT2D eigenvalue weighted by atomic mass is 19.1. The molecule has 4 rings (SSSR count). The molecular formula is C25H25FN2O3. The number of hydrogen-bond acceptors (Lipinski definition) is 4. The van der Waals surface area contributed by atoms with Crippen LogP contribution in [0.2, 0.25) is 0 Å². The summed E-state index contributed by atoms with van der Waals surface area (Å²) in [6.07, 6.45) is 5.52. The summed E-state index contributed by atoms with van der Waals surface area (Å²) in [7, 11) is 0. The smallest absolute Gasteiger partial charge is 0.226 e. The third-order valence-electron chi connectivity index (χ3n) is 5.32. The van der Waals surface area contributed by atoms with E-state index in [1.54, 1.807) is 18.5 Å². The number of hydrogen-bond donors (Lipinski definition) is 0. The summed E-state index contributed by atoms with van der Waals surface area (Å²) in [6.45, 7) is 1.71. The van der Waals surface area contributed by atoms with Crippen molar-refractivity contribution < 1.29 is 18.7 Å². The molecule has 0 aliphatic carbocycles. The summed E-state index contributed by atoms with van der Waals surface area (Å²) in [5.74, 6) is 1.35. The fourth-order valence-electron chi connectivity index (χ4n) is 3.61. The lowest BCUT2D eigenvalue weighted by atomic mass is 10.1. The van der Waals surface area contributed by atoms with E-state index in [1.807, 2.05) is 47.4 Å². The van der Waals surface area contributed by atoms with Gasteiger partial charge >= 0.3 is 0 Å². The predicted molar refractivity (Wildman–Crippen MR) is 115 cm³/mol. The van der Waals surface area contributed by atoms with Crippen molar-refractivity contribution in [1.29, 1.82) is 0 Å². The number of amides is 1. The topological polar surface area (TPSA) is 51.7 Å². The average Bonchev–Trinajstić information content (AvgIpc) is 2.80. The maximum absolute atomic E-state index is 13.2. The van der Waals surface area contributed by atoms with E-state index >= 15 is 0 Å². The van der Waals surface area contributed by atoms with Gasteiger partial charge in [-0.05, 0) is 59.7 Å². The molecular weight excluding hydrogens is 395 g/mol. The minimum atomic E-state index is -0.269. The zero-order chi connectivity index (χ0) is 21.5. The van der Waals surface area contributed by atoms with Crippen LogP contribution in [0.15, 0.2) is 73.1 Å². The number of nitrogens with zero attached hydrogens (tertiary/aromatic N) is 2. The molecule has 3 aromatic rings. The Morgan fingerprint density at radius 1 is 0.968 bits per heavy atom. The van der Waals surface area contributed by atoms with Gasteiger partial charge in [0.1, 0.15) is 30.0 Å². The Labute approximate surface area is 181 Å². The summed E-state index contributed by atoms with van der Waals surface area (Å²) >= 11 is 0. The van der Waals surface area contributed by atoms with E-state index in [2.05, 4.69) is 4.98 Å². The molecule has 1 aliphatic rings. The number of aromatic nitrogens is 1. The van der Waals surface area contributed by atoms with Gasteiger partial charge in [-0.3, -0.25) is 9.78 Å². The van der Waals surface area contributed by atoms with Crippen molar-refractivity contribution in [2.45, 2.75) is 32.0 Å². The van der Waals surface area contributed by atoms with Gasteiger partial charge in [-0.15, -0.1) is 0 Å². The molecule has 1 fully saturated rings. The highest BCUT2D eigenvalue weighted by molar-refractivity contribution is 5.78. The van der Waals surface area contributed by atoms with Crippen molar-refractivity contribution in [3.05, 3.63) is 90.0 Å². The molecule has 5 nitrogen and oxygen atoms in total. The second-order valence-electron chi connectivity index (χ2n) is 7.62. The van der Waals surface area contributed by atoms with Gasteiger partial charge in [0.15, 0.2) is 0 Å². The molecule has 0 saturated carbocycles. The first-order valence-electron chi connectivity index (χ1n) is 10.5. The van der Waals surface area contributed by atoms with E-state index < -0.39 is 0 Å². The number of carbonyl (C=O) groups is 1. The first-order valence-corrected chi connectivity index (χ1v) is 10.5. The molecule has 6 heteroatoms. The first-order chi connectivity index (χ1) is 15.2. The maximum atomic E-state index is 13.2. The molecule has 0 spiro atoms. The number of pyridine rings is 1. The molecule has 2 heterocycles. The van der Waals surface area contributed by atoms with E-state index in [1.165, 1.54) is 12.1 Å². The van der Waals surface area contributed by atoms with E-state index in [9.17, 15) is 9.18 Å². The Kier molecular flexibility index (Phi) is 6.77. The molecule has 0 unspecified atom stereocenters. The SMILES string of the molecule is O=C(Cc1ccncc1)N1CCC(Oc2ccc(OCc3cccc(F)c3)cc2)CC1. The predicted octanol–water partition coefficient (Wildman–Crippen LogP) is 4.41. The monoisotopic (exact) mass is 420 g/mol. The number of rotatable bonds is 7. The summed E-state index contributed by atoms with van der Waals surface area (Å²) in [5, 5.41) is 0. The molecule has 0 radical (unpaired) electrons. The highest BCUT2D eigenvalue weighted by Crippen LogP contribution is 2.23. The average molecular weight is 420 g/mol. The van der Waals surface area contributed by atoms with Gasteiger partial charge in [0.2, 0.25) is 5.91 Å². The largest absolute Gasteiger partial charge is 0.490 e. The lowest BCUT2D eigenvalue weighted by Crippen LogP contribution is -2.42. The molecule has 0 atom stereocenters. The molecule has 2 aromatic carbocycles. The minimum absolute atomic E-state index is 0.0871. The number of piperidine rings is 1. The van der Waals surface area contributed by atoms with E-state index in [4.69, 9.17) is 9.47 Å². The number of likely N-dealkylation sites (tertiary alicyclic amines) is 1. The van der Waals surface area contributed by atoms with Gasteiger partial charge in [-0.1, -0.05) is 12.1 Å². The molecule has 31 heavy (non-hydrogen) atoms. The Hall–Kier alpha value is -3.41. The zero-order valence-corrected chi connectivity index (χ0v) is 17.2. The van der Waals surface area contributed by atoms with Gasteiger partial charge < -0.3 is 14.4 Å². The molecule has 1 amide bonds. The lowest BCUT2D eigenvalue weighted by molar-refractivity contribution is -0.132. The van der Waals surface area contributed by atoms with Crippen LogP contribution in [0.25, 0.3) is 0 Å². The number of halogens is 1. The fraction of sp³-hybridized carbons (Fsp3) is 0.280. The zero-order valence-electron chi connectivity index (χ0n) is 17.2. The Balaban J connectivity index is 1.22. The quantitative estimate of drug-likeness (QED) is 0.568. The summed E-state index contributed by atoms with van der Waals surface area (Å²) in [5.41, 5.74) is 1.77. The highest BCUT2D eigenvalue weighted by Gasteiger charge is 2.24. The fourth-order valence-corrected chi connectivity index (χ4v) is 3.61. The minimum Gasteiger partial charge on any atom is -0.490 e. The first kappa shape index (κ1) is 20.8. The van der Waals surface area contributed by atoms with Gasteiger partial charge in [0, 0.05) is 38.3 Å². The van der Waals surface area contributed by atoms with E-state index in [0.29, 0.717) is 31.9 Å². The Morgan fingerprint density at radius 2 is 1.68 bits per heavy atom. The second kappa shape index (κ2) is 10.1. The van der Waals surface area contributed by atoms with Crippen LogP contribution in [-0.2, 0) is 17.8 Å². The van der Waals surface area contributed by atoms with Crippen LogP contribution < -0.4 is 9.47 Å². The normalized spacial score (nSPS) is 14.3. The molecule has 0 N–H and O–H groups in total. The third-order valence-corrected chi connectivity index (χ3v) is 5.32. The molecule has 1 aliphatic heterocycles. The van der Waals surface area contributed by atoms with Gasteiger partial charge in [0.05, 0.1) is 6.42 Å². The van der Waals surface area contributed by atoms with E-state index in [-0.39, 0.29) is 17.8 Å². The van der Waals surface area contributed by atoms with Crippen LogP contribution in [-0.4, -0.2) is 35.0 Å². The standard InChI is InChI=1S/C25H25FN2O3/c26-21-3-1-2-20(16-21)18-30-22-4-6-23(7-5-22)31-24-10-14-28(15-11-24)25(29)17-19-8-12-27-13-9-19/h1-9,12-13,16,24H,10-11,14-15,17-18H2. The number of benzene rings is 2. The molecule has 0 bridgehead atoms. The van der Waals surface area contributed by atoms with Crippen molar-refractivity contribution in [3.8, 4) is 11.5 Å². The maximum Gasteiger partial charge on any atom is 0.226 e. The summed E-state index contributed by atoms with van der Waals surface area (Å²) in [4.78, 5) is 18.4. The molecule has 160 valence electrons. The van der Waals surface area contributed by atoms with Crippen LogP contribution in [0.5, 0.6) is 11.5 Å². The van der Waals surface area contributed by atoms with Gasteiger partial charge in [-0.2, -0.15) is 0 Å². The van der Waals surface area contributed by atoms with Gasteiger partial charge in [-0.25, -0.2) is 4.39 Å². The van der Waals surface area contributed by atoms with Crippen molar-refractivity contribution in [2.24, 2.45) is 0 Å². The van der Waals surface area contributed by atoms with Gasteiger partial charge in [0.25, 0.3) is 0 Å². The molecule has 1 saturated heterocycles. The van der Waals surface area contributed by atoms with E-state index in [0.717, 1.165) is 29.7 Å². The second-order valence-corrected chi connectivity index (χ2v) is 7.62. The number of carbonyl (C=O) groups excluding carboxylic acids is 1. The summed E-state index contributed by atoms with van der Waals surface area (Å²) in [6, 6.07) is 17.6. The van der Waals surface area contributed by atoms with Crippen molar-refractivity contribution >= 4 is 5.91 Å². The van der Waals surface area contributed by atoms with Crippen LogP contribution in [0.3, 0.4) is 0 Å². The third kappa shape index (κ3) is 6.04. The van der Waals surface area contributed by atoms with Crippen LogP contribution in [0.1, 0.15) is 24.0 Å². The van der Waals surface area contributed by atoms with Crippen molar-refractivity contribution in [3.63, 3.8) is 0 Å². The number of ether oxygens (including phenoxy) is 2. The Bertz CT molecular complexity index is 987.